The summed E-state index contributed by atoms with van der Waals surface area (Å²) in [6.45, 7) is 2.94. The lowest BCUT2D eigenvalue weighted by Crippen LogP contribution is -2.46. The predicted octanol–water partition coefficient (Wildman–Crippen LogP) is 2.33. The maximum atomic E-state index is 10.9. The van der Waals surface area contributed by atoms with Crippen molar-refractivity contribution in [3.05, 3.63) is 45.7 Å². The molecule has 28 heavy (non-hydrogen) atoms. The van der Waals surface area contributed by atoms with Crippen molar-refractivity contribution in [3.63, 3.8) is 0 Å². The first kappa shape index (κ1) is 18.5. The van der Waals surface area contributed by atoms with Crippen molar-refractivity contribution in [2.24, 2.45) is 0 Å². The van der Waals surface area contributed by atoms with Gasteiger partial charge in [-0.25, -0.2) is 14.6 Å². The molecule has 1 aliphatic rings. The zero-order valence-corrected chi connectivity index (χ0v) is 16.2. The van der Waals surface area contributed by atoms with Crippen LogP contribution in [-0.4, -0.2) is 57.2 Å². The van der Waals surface area contributed by atoms with Gasteiger partial charge in [-0.3, -0.25) is 4.79 Å². The molecule has 0 radical (unpaired) electrons. The molecule has 0 aliphatic carbocycles. The fourth-order valence-corrected chi connectivity index (χ4v) is 3.61. The van der Waals surface area contributed by atoms with E-state index < -0.39 is 0 Å². The number of hydrogen-bond acceptors (Lipinski definition) is 6. The number of carbonyl (C=O) groups excluding carboxylic acids is 1. The van der Waals surface area contributed by atoms with E-state index in [1.807, 2.05) is 6.07 Å². The topological polar surface area (TPSA) is 90.9 Å². The lowest BCUT2D eigenvalue weighted by atomic mass is 10.2. The van der Waals surface area contributed by atoms with E-state index in [0.717, 1.165) is 12.0 Å². The molecule has 1 fully saturated rings. The standard InChI is InChI=1S/C18H15Cl2N7O/c19-13-2-1-12(14(20)7-13)10-27-18-17(15(8-21)24-27)22-9-16(23-18)26-5-3-25(11-28)4-6-26/h1-2,7,9,11H,3-6,10H2. The van der Waals surface area contributed by atoms with Gasteiger partial charge in [0, 0.05) is 36.2 Å². The van der Waals surface area contributed by atoms with Crippen LogP contribution >= 0.6 is 23.2 Å². The maximum absolute atomic E-state index is 10.9. The highest BCUT2D eigenvalue weighted by Crippen LogP contribution is 2.24. The van der Waals surface area contributed by atoms with Crippen LogP contribution in [0.5, 0.6) is 0 Å². The minimum Gasteiger partial charge on any atom is -0.352 e. The number of carbonyl (C=O) groups is 1. The Kier molecular flexibility index (Phi) is 5.03. The third-order valence-electron chi connectivity index (χ3n) is 4.66. The van der Waals surface area contributed by atoms with E-state index in [0.29, 0.717) is 59.8 Å². The summed E-state index contributed by atoms with van der Waals surface area (Å²) < 4.78 is 1.63. The molecule has 4 rings (SSSR count). The van der Waals surface area contributed by atoms with Gasteiger partial charge in [-0.05, 0) is 17.7 Å². The quantitative estimate of drug-likeness (QED) is 0.607. The van der Waals surface area contributed by atoms with Crippen molar-refractivity contribution in [1.82, 2.24) is 24.6 Å². The molecule has 0 atom stereocenters. The number of rotatable bonds is 4. The number of amides is 1. The van der Waals surface area contributed by atoms with E-state index in [1.165, 1.54) is 0 Å². The molecular weight excluding hydrogens is 401 g/mol. The summed E-state index contributed by atoms with van der Waals surface area (Å²) in [7, 11) is 0. The Hall–Kier alpha value is -2.89. The molecular formula is C18H15Cl2N7O. The Labute approximate surface area is 170 Å². The van der Waals surface area contributed by atoms with Crippen molar-refractivity contribution in [3.8, 4) is 6.07 Å². The summed E-state index contributed by atoms with van der Waals surface area (Å²) in [5, 5.41) is 14.8. The number of fused-ring (bicyclic) bond motifs is 1. The number of aromatic nitrogens is 4. The van der Waals surface area contributed by atoms with E-state index in [1.54, 1.807) is 27.9 Å². The third-order valence-corrected chi connectivity index (χ3v) is 5.25. The zero-order valence-electron chi connectivity index (χ0n) is 14.7. The molecule has 1 aromatic carbocycles. The zero-order chi connectivity index (χ0) is 19.7. The highest BCUT2D eigenvalue weighted by Gasteiger charge is 2.20. The van der Waals surface area contributed by atoms with Crippen molar-refractivity contribution in [2.45, 2.75) is 6.54 Å². The fraction of sp³-hybridized carbons (Fsp3) is 0.278. The van der Waals surface area contributed by atoms with Crippen LogP contribution in [0.15, 0.2) is 24.4 Å². The van der Waals surface area contributed by atoms with E-state index in [4.69, 9.17) is 28.2 Å². The van der Waals surface area contributed by atoms with Gasteiger partial charge < -0.3 is 9.80 Å². The number of piperazine rings is 1. The Morgan fingerprint density at radius 3 is 2.68 bits per heavy atom. The third kappa shape index (κ3) is 3.46. The Balaban J connectivity index is 1.70. The minimum atomic E-state index is 0.213. The summed E-state index contributed by atoms with van der Waals surface area (Å²) in [5.74, 6) is 0.686. The summed E-state index contributed by atoms with van der Waals surface area (Å²) in [6.07, 6.45) is 2.50. The second-order valence-electron chi connectivity index (χ2n) is 6.38. The molecule has 10 heteroatoms. The lowest BCUT2D eigenvalue weighted by Gasteiger charge is -2.33. The molecule has 0 N–H and O–H groups in total. The molecule has 1 amide bonds. The van der Waals surface area contributed by atoms with Crippen LogP contribution in [-0.2, 0) is 11.3 Å². The van der Waals surface area contributed by atoms with Crippen molar-refractivity contribution >= 4 is 46.6 Å². The van der Waals surface area contributed by atoms with Gasteiger partial charge in [-0.1, -0.05) is 29.3 Å². The van der Waals surface area contributed by atoms with Crippen LogP contribution in [0.2, 0.25) is 10.0 Å². The number of nitriles is 1. The monoisotopic (exact) mass is 415 g/mol. The summed E-state index contributed by atoms with van der Waals surface area (Å²) >= 11 is 12.2. The second-order valence-corrected chi connectivity index (χ2v) is 7.23. The Bertz CT molecular complexity index is 1080. The van der Waals surface area contributed by atoms with E-state index in [2.05, 4.69) is 21.1 Å². The molecule has 0 saturated carbocycles. The Morgan fingerprint density at radius 2 is 2.00 bits per heavy atom. The van der Waals surface area contributed by atoms with Gasteiger partial charge in [-0.15, -0.1) is 0 Å². The second kappa shape index (κ2) is 7.62. The van der Waals surface area contributed by atoms with E-state index >= 15 is 0 Å². The molecule has 1 saturated heterocycles. The van der Waals surface area contributed by atoms with Crippen LogP contribution < -0.4 is 4.90 Å². The molecule has 2 aromatic heterocycles. The van der Waals surface area contributed by atoms with Gasteiger partial charge in [0.15, 0.2) is 11.3 Å². The van der Waals surface area contributed by atoms with Crippen LogP contribution in [0, 0.1) is 11.3 Å². The van der Waals surface area contributed by atoms with E-state index in [9.17, 15) is 10.1 Å². The molecule has 1 aliphatic heterocycles. The molecule has 0 spiro atoms. The van der Waals surface area contributed by atoms with Gasteiger partial charge in [0.05, 0.1) is 12.7 Å². The number of anilines is 1. The fourth-order valence-electron chi connectivity index (χ4n) is 3.14. The molecule has 142 valence electrons. The first-order valence-corrected chi connectivity index (χ1v) is 9.36. The summed E-state index contributed by atoms with van der Waals surface area (Å²) in [6, 6.07) is 7.30. The van der Waals surface area contributed by atoms with Crippen LogP contribution in [0.3, 0.4) is 0 Å². The van der Waals surface area contributed by atoms with E-state index in [-0.39, 0.29) is 5.69 Å². The lowest BCUT2D eigenvalue weighted by molar-refractivity contribution is -0.118. The SMILES string of the molecule is N#Cc1nn(Cc2ccc(Cl)cc2Cl)c2nc(N3CCN(C=O)CC3)cnc12. The average Bonchev–Trinajstić information content (AvgIpc) is 3.07. The molecule has 3 heterocycles. The first-order valence-electron chi connectivity index (χ1n) is 8.61. The summed E-state index contributed by atoms with van der Waals surface area (Å²) in [5.41, 5.74) is 1.98. The summed E-state index contributed by atoms with van der Waals surface area (Å²) in [4.78, 5) is 23.8. The van der Waals surface area contributed by atoms with Gasteiger partial charge >= 0.3 is 0 Å². The Morgan fingerprint density at radius 1 is 1.21 bits per heavy atom. The number of benzene rings is 1. The molecule has 3 aromatic rings. The van der Waals surface area contributed by atoms with Crippen molar-refractivity contribution < 1.29 is 4.79 Å². The number of hydrogen-bond donors (Lipinski definition) is 0. The van der Waals surface area contributed by atoms with Gasteiger partial charge in [-0.2, -0.15) is 10.4 Å². The largest absolute Gasteiger partial charge is 0.352 e. The maximum Gasteiger partial charge on any atom is 0.209 e. The van der Waals surface area contributed by atoms with Crippen LogP contribution in [0.4, 0.5) is 5.82 Å². The molecule has 0 unspecified atom stereocenters. The van der Waals surface area contributed by atoms with Gasteiger partial charge in [0.2, 0.25) is 6.41 Å². The highest BCUT2D eigenvalue weighted by molar-refractivity contribution is 6.35. The van der Waals surface area contributed by atoms with Gasteiger partial charge in [0.1, 0.15) is 17.4 Å². The number of nitrogens with zero attached hydrogens (tertiary/aromatic N) is 7. The first-order chi connectivity index (χ1) is 13.6. The normalized spacial score (nSPS) is 14.3. The average molecular weight is 416 g/mol. The predicted molar refractivity (Wildman–Crippen MR) is 105 cm³/mol. The van der Waals surface area contributed by atoms with Crippen LogP contribution in [0.1, 0.15) is 11.3 Å². The van der Waals surface area contributed by atoms with Gasteiger partial charge in [0.25, 0.3) is 0 Å². The van der Waals surface area contributed by atoms with Crippen LogP contribution in [0.25, 0.3) is 11.2 Å². The number of halogens is 2. The van der Waals surface area contributed by atoms with Crippen molar-refractivity contribution in [2.75, 3.05) is 31.1 Å². The molecule has 8 nitrogen and oxygen atoms in total. The van der Waals surface area contributed by atoms with Crippen molar-refractivity contribution in [1.29, 1.82) is 5.26 Å². The molecule has 0 bridgehead atoms. The highest BCUT2D eigenvalue weighted by atomic mass is 35.5. The minimum absolute atomic E-state index is 0.213. The smallest absolute Gasteiger partial charge is 0.209 e.